The minimum absolute atomic E-state index is 0.344. The highest BCUT2D eigenvalue weighted by Gasteiger charge is 2.41. The summed E-state index contributed by atoms with van der Waals surface area (Å²) in [5.41, 5.74) is -0.0397. The molecule has 15 heavy (non-hydrogen) atoms. The Bertz CT molecular complexity index is 401. The fourth-order valence-electron chi connectivity index (χ4n) is 2.01. The molecule has 0 spiro atoms. The highest BCUT2D eigenvalue weighted by molar-refractivity contribution is 5.40. The number of hydrogen-bond acceptors (Lipinski definition) is 1. The van der Waals surface area contributed by atoms with Crippen LogP contribution in [0, 0.1) is 0 Å². The second-order valence-corrected chi connectivity index (χ2v) is 4.43. The van der Waals surface area contributed by atoms with Crippen molar-refractivity contribution in [1.29, 1.82) is 0 Å². The molecule has 0 aromatic heterocycles. The van der Waals surface area contributed by atoms with Crippen LogP contribution in [-0.4, -0.2) is 10.7 Å². The van der Waals surface area contributed by atoms with Crippen molar-refractivity contribution in [2.75, 3.05) is 0 Å². The Morgan fingerprint density at radius 2 is 1.53 bits per heavy atom. The second kappa shape index (κ2) is 3.35. The summed E-state index contributed by atoms with van der Waals surface area (Å²) in [7, 11) is 0. The second-order valence-electron chi connectivity index (χ2n) is 4.43. The Labute approximate surface area is 90.8 Å². The van der Waals surface area contributed by atoms with Crippen molar-refractivity contribution in [2.45, 2.75) is 24.9 Å². The zero-order valence-electron chi connectivity index (χ0n) is 9.14. The molecular weight excluding hydrogens is 184 g/mol. The largest absolute Gasteiger partial charge is 0.385 e. The molecule has 2 rings (SSSR count). The van der Waals surface area contributed by atoms with Crippen molar-refractivity contribution < 1.29 is 5.11 Å². The van der Waals surface area contributed by atoms with Crippen LogP contribution in [0.5, 0.6) is 0 Å². The lowest BCUT2D eigenvalue weighted by molar-refractivity contribution is 0.0510. The first-order valence-electron chi connectivity index (χ1n) is 5.21. The van der Waals surface area contributed by atoms with Crippen LogP contribution in [0.25, 0.3) is 0 Å². The van der Waals surface area contributed by atoms with E-state index in [1.54, 1.807) is 0 Å². The first-order valence-corrected chi connectivity index (χ1v) is 5.21. The number of allylic oxidation sites excluding steroid dienone is 2. The smallest absolute Gasteiger partial charge is 0.0930 e. The lowest BCUT2D eigenvalue weighted by atomic mass is 9.67. The minimum atomic E-state index is -0.830. The number of benzene rings is 1. The molecule has 1 aromatic rings. The van der Waals surface area contributed by atoms with Gasteiger partial charge in [-0.2, -0.15) is 0 Å². The summed E-state index contributed by atoms with van der Waals surface area (Å²) in [4.78, 5) is 0. The summed E-state index contributed by atoms with van der Waals surface area (Å²) in [6.45, 7) is 3.91. The van der Waals surface area contributed by atoms with E-state index in [0.717, 1.165) is 5.56 Å². The normalized spacial score (nSPS) is 34.3. The topological polar surface area (TPSA) is 20.2 Å². The highest BCUT2D eigenvalue weighted by atomic mass is 16.3. The van der Waals surface area contributed by atoms with Crippen molar-refractivity contribution in [3.8, 4) is 0 Å². The summed E-state index contributed by atoms with van der Waals surface area (Å²) in [5, 5.41) is 10.4. The summed E-state index contributed by atoms with van der Waals surface area (Å²) in [6, 6.07) is 10.1. The Balaban J connectivity index is 2.51. The van der Waals surface area contributed by atoms with E-state index in [0.29, 0.717) is 0 Å². The molecule has 0 amide bonds. The predicted octanol–water partition coefficient (Wildman–Crippen LogP) is 2.82. The Morgan fingerprint density at radius 3 is 2.13 bits per heavy atom. The molecular formula is C14H16O. The van der Waals surface area contributed by atoms with Crippen molar-refractivity contribution in [2.24, 2.45) is 0 Å². The standard InChI is InChI=1S/C14H16O/c1-13(12-8-4-3-5-9-12)10-6-7-11-14(13,2)15/h3-11,15H,1-2H3. The average Bonchev–Trinajstić information content (AvgIpc) is 2.24. The molecule has 1 N–H and O–H groups in total. The van der Waals surface area contributed by atoms with E-state index >= 15 is 0 Å². The first kappa shape index (κ1) is 10.2. The van der Waals surface area contributed by atoms with E-state index in [9.17, 15) is 5.11 Å². The Kier molecular flexibility index (Phi) is 2.28. The zero-order valence-corrected chi connectivity index (χ0v) is 9.14. The number of hydrogen-bond donors (Lipinski definition) is 1. The Morgan fingerprint density at radius 1 is 0.933 bits per heavy atom. The van der Waals surface area contributed by atoms with Gasteiger partial charge in [0.2, 0.25) is 0 Å². The summed E-state index contributed by atoms with van der Waals surface area (Å²) in [6.07, 6.45) is 7.79. The van der Waals surface area contributed by atoms with Crippen molar-refractivity contribution in [1.82, 2.24) is 0 Å². The van der Waals surface area contributed by atoms with Gasteiger partial charge in [0.1, 0.15) is 0 Å². The maximum atomic E-state index is 10.4. The minimum Gasteiger partial charge on any atom is -0.385 e. The molecule has 0 saturated heterocycles. The molecule has 1 heteroatoms. The van der Waals surface area contributed by atoms with E-state index in [2.05, 4.69) is 25.1 Å². The third-order valence-electron chi connectivity index (χ3n) is 3.39. The van der Waals surface area contributed by atoms with Gasteiger partial charge in [0.15, 0.2) is 0 Å². The summed E-state index contributed by atoms with van der Waals surface area (Å²) >= 11 is 0. The van der Waals surface area contributed by atoms with Crippen LogP contribution in [-0.2, 0) is 5.41 Å². The molecule has 1 aromatic carbocycles. The molecule has 0 bridgehead atoms. The molecule has 2 atom stereocenters. The van der Waals surface area contributed by atoms with Crippen LogP contribution < -0.4 is 0 Å². The lowest BCUT2D eigenvalue weighted by Gasteiger charge is -2.41. The van der Waals surface area contributed by atoms with Gasteiger partial charge in [-0.05, 0) is 19.4 Å². The van der Waals surface area contributed by atoms with Crippen LogP contribution in [0.1, 0.15) is 19.4 Å². The highest BCUT2D eigenvalue weighted by Crippen LogP contribution is 2.39. The SMILES string of the molecule is CC1(O)C=CC=CC1(C)c1ccccc1. The van der Waals surface area contributed by atoms with Gasteiger partial charge in [0, 0.05) is 5.41 Å². The number of aliphatic hydroxyl groups is 1. The summed E-state index contributed by atoms with van der Waals surface area (Å²) in [5.74, 6) is 0. The Hall–Kier alpha value is -1.34. The van der Waals surface area contributed by atoms with Crippen LogP contribution in [0.2, 0.25) is 0 Å². The van der Waals surface area contributed by atoms with Gasteiger partial charge in [-0.25, -0.2) is 0 Å². The maximum Gasteiger partial charge on any atom is 0.0930 e. The van der Waals surface area contributed by atoms with Crippen LogP contribution >= 0.6 is 0 Å². The van der Waals surface area contributed by atoms with Gasteiger partial charge < -0.3 is 5.11 Å². The molecule has 0 fully saturated rings. The number of rotatable bonds is 1. The lowest BCUT2D eigenvalue weighted by Crippen LogP contribution is -2.45. The molecule has 2 unspecified atom stereocenters. The quantitative estimate of drug-likeness (QED) is 0.739. The van der Waals surface area contributed by atoms with Crippen molar-refractivity contribution in [3.05, 3.63) is 60.2 Å². The van der Waals surface area contributed by atoms with E-state index in [4.69, 9.17) is 0 Å². The van der Waals surface area contributed by atoms with Gasteiger partial charge in [-0.3, -0.25) is 0 Å². The molecule has 0 radical (unpaired) electrons. The summed E-state index contributed by atoms with van der Waals surface area (Å²) < 4.78 is 0. The third-order valence-corrected chi connectivity index (χ3v) is 3.39. The fraction of sp³-hybridized carbons (Fsp3) is 0.286. The van der Waals surface area contributed by atoms with E-state index in [1.807, 2.05) is 43.4 Å². The van der Waals surface area contributed by atoms with Gasteiger partial charge in [0.05, 0.1) is 5.60 Å². The van der Waals surface area contributed by atoms with Gasteiger partial charge in [-0.15, -0.1) is 0 Å². The van der Waals surface area contributed by atoms with E-state index in [-0.39, 0.29) is 5.41 Å². The van der Waals surface area contributed by atoms with Crippen molar-refractivity contribution in [3.63, 3.8) is 0 Å². The monoisotopic (exact) mass is 200 g/mol. The molecule has 0 heterocycles. The molecule has 0 saturated carbocycles. The molecule has 0 aliphatic heterocycles. The molecule has 78 valence electrons. The van der Waals surface area contributed by atoms with E-state index < -0.39 is 5.60 Å². The maximum absolute atomic E-state index is 10.4. The molecule has 1 nitrogen and oxygen atoms in total. The average molecular weight is 200 g/mol. The van der Waals surface area contributed by atoms with Crippen LogP contribution in [0.4, 0.5) is 0 Å². The third kappa shape index (κ3) is 1.53. The predicted molar refractivity (Wildman–Crippen MR) is 62.7 cm³/mol. The van der Waals surface area contributed by atoms with Gasteiger partial charge in [0.25, 0.3) is 0 Å². The first-order chi connectivity index (χ1) is 7.06. The zero-order chi connectivity index (χ0) is 10.9. The van der Waals surface area contributed by atoms with Gasteiger partial charge >= 0.3 is 0 Å². The van der Waals surface area contributed by atoms with Crippen LogP contribution in [0.15, 0.2) is 54.6 Å². The fourth-order valence-corrected chi connectivity index (χ4v) is 2.01. The molecule has 1 aliphatic rings. The molecule has 1 aliphatic carbocycles. The van der Waals surface area contributed by atoms with E-state index in [1.165, 1.54) is 0 Å². The van der Waals surface area contributed by atoms with Crippen molar-refractivity contribution >= 4 is 0 Å². The van der Waals surface area contributed by atoms with Crippen LogP contribution in [0.3, 0.4) is 0 Å². The van der Waals surface area contributed by atoms with Gasteiger partial charge in [-0.1, -0.05) is 54.6 Å².